The van der Waals surface area contributed by atoms with Crippen molar-refractivity contribution >= 4 is 29.1 Å². The highest BCUT2D eigenvalue weighted by Crippen LogP contribution is 2.18. The Morgan fingerprint density at radius 1 is 1.07 bits per heavy atom. The molecule has 1 fully saturated rings. The third-order valence-electron chi connectivity index (χ3n) is 2.60. The van der Waals surface area contributed by atoms with E-state index in [0.29, 0.717) is 0 Å². The van der Waals surface area contributed by atoms with Gasteiger partial charge in [-0.2, -0.15) is 0 Å². The van der Waals surface area contributed by atoms with Crippen molar-refractivity contribution in [2.75, 3.05) is 24.8 Å². The number of rotatable bonds is 6. The maximum Gasteiger partial charge on any atom is 0.172 e. The molecule has 1 aliphatic rings. The zero-order valence-corrected chi connectivity index (χ0v) is 11.5. The van der Waals surface area contributed by atoms with Crippen LogP contribution in [-0.2, 0) is 0 Å². The number of thiocarbonyl (C=S) groups is 1. The smallest absolute Gasteiger partial charge is 0.172 e. The first-order valence-corrected chi connectivity index (χ1v) is 7.47. The summed E-state index contributed by atoms with van der Waals surface area (Å²) in [5.74, 6) is 2.17. The van der Waals surface area contributed by atoms with Crippen LogP contribution in [0.5, 0.6) is 0 Å². The van der Waals surface area contributed by atoms with Crippen LogP contribution in [0.3, 0.4) is 0 Å². The maximum atomic E-state index is 5.51. The van der Waals surface area contributed by atoms with Gasteiger partial charge in [0.15, 0.2) is 5.11 Å². The fourth-order valence-electron chi connectivity index (χ4n) is 1.59. The molecule has 4 heteroatoms. The van der Waals surface area contributed by atoms with E-state index < -0.39 is 0 Å². The molecule has 0 N–H and O–H groups in total. The van der Waals surface area contributed by atoms with Crippen molar-refractivity contribution in [2.45, 2.75) is 39.5 Å². The van der Waals surface area contributed by atoms with Gasteiger partial charge in [0.05, 0.1) is 11.8 Å². The molecule has 88 valence electrons. The van der Waals surface area contributed by atoms with Crippen LogP contribution in [0.15, 0.2) is 0 Å². The Hall–Kier alpha value is 0.0400. The van der Waals surface area contributed by atoms with E-state index >= 15 is 0 Å². The molecule has 0 aliphatic carbocycles. The van der Waals surface area contributed by atoms with Gasteiger partial charge in [0, 0.05) is 13.1 Å². The lowest BCUT2D eigenvalue weighted by Crippen LogP contribution is -2.47. The van der Waals surface area contributed by atoms with Gasteiger partial charge in [0.1, 0.15) is 0 Å². The van der Waals surface area contributed by atoms with Crippen LogP contribution < -0.4 is 0 Å². The van der Waals surface area contributed by atoms with Gasteiger partial charge in [0.2, 0.25) is 0 Å². The Balaban J connectivity index is 2.36. The van der Waals surface area contributed by atoms with E-state index in [9.17, 15) is 0 Å². The van der Waals surface area contributed by atoms with Crippen LogP contribution in [0, 0.1) is 0 Å². The SMILES string of the molecule is CCCCN1CSCN(CCCC)C1=S. The summed E-state index contributed by atoms with van der Waals surface area (Å²) in [6, 6.07) is 0. The monoisotopic (exact) mass is 246 g/mol. The predicted octanol–water partition coefficient (Wildman–Crippen LogP) is 3.14. The molecule has 1 heterocycles. The minimum atomic E-state index is 1.08. The second kappa shape index (κ2) is 7.34. The molecular formula is C11H22N2S2. The lowest BCUT2D eigenvalue weighted by atomic mass is 10.3. The summed E-state index contributed by atoms with van der Waals surface area (Å²) in [6.07, 6.45) is 5.00. The van der Waals surface area contributed by atoms with Crippen LogP contribution in [0.4, 0.5) is 0 Å². The Kier molecular flexibility index (Phi) is 6.41. The largest absolute Gasteiger partial charge is 0.340 e. The number of hydrogen-bond donors (Lipinski definition) is 0. The first kappa shape index (κ1) is 13.1. The van der Waals surface area contributed by atoms with Gasteiger partial charge in [-0.05, 0) is 25.1 Å². The highest BCUT2D eigenvalue weighted by atomic mass is 32.2. The van der Waals surface area contributed by atoms with Crippen molar-refractivity contribution in [2.24, 2.45) is 0 Å². The summed E-state index contributed by atoms with van der Waals surface area (Å²) in [7, 11) is 0. The van der Waals surface area contributed by atoms with Crippen molar-refractivity contribution in [1.82, 2.24) is 9.80 Å². The fraction of sp³-hybridized carbons (Fsp3) is 0.909. The molecule has 0 bridgehead atoms. The van der Waals surface area contributed by atoms with Gasteiger partial charge in [-0.25, -0.2) is 0 Å². The van der Waals surface area contributed by atoms with Gasteiger partial charge in [0.25, 0.3) is 0 Å². The molecule has 1 saturated heterocycles. The summed E-state index contributed by atoms with van der Waals surface area (Å²) < 4.78 is 0. The van der Waals surface area contributed by atoms with E-state index in [1.54, 1.807) is 0 Å². The molecule has 0 aromatic heterocycles. The minimum absolute atomic E-state index is 1.08. The quantitative estimate of drug-likeness (QED) is 0.664. The van der Waals surface area contributed by atoms with E-state index in [4.69, 9.17) is 12.2 Å². The summed E-state index contributed by atoms with van der Waals surface area (Å²) in [4.78, 5) is 4.70. The molecule has 0 radical (unpaired) electrons. The van der Waals surface area contributed by atoms with Crippen LogP contribution in [0.1, 0.15) is 39.5 Å². The first-order valence-electron chi connectivity index (χ1n) is 5.91. The summed E-state index contributed by atoms with van der Waals surface area (Å²) in [5.41, 5.74) is 0. The van der Waals surface area contributed by atoms with Gasteiger partial charge in [-0.15, -0.1) is 11.8 Å². The van der Waals surface area contributed by atoms with Crippen LogP contribution in [-0.4, -0.2) is 39.8 Å². The molecule has 0 unspecified atom stereocenters. The van der Waals surface area contributed by atoms with E-state index in [1.807, 2.05) is 11.8 Å². The summed E-state index contributed by atoms with van der Waals surface area (Å²) >= 11 is 7.49. The molecule has 0 saturated carbocycles. The number of nitrogens with zero attached hydrogens (tertiary/aromatic N) is 2. The average molecular weight is 246 g/mol. The van der Waals surface area contributed by atoms with Crippen molar-refractivity contribution in [3.05, 3.63) is 0 Å². The Labute approximate surface area is 103 Å². The molecule has 1 aliphatic heterocycles. The maximum absolute atomic E-state index is 5.51. The lowest BCUT2D eigenvalue weighted by molar-refractivity contribution is 0.359. The van der Waals surface area contributed by atoms with Crippen molar-refractivity contribution in [1.29, 1.82) is 0 Å². The van der Waals surface area contributed by atoms with Gasteiger partial charge in [-0.1, -0.05) is 26.7 Å². The van der Waals surface area contributed by atoms with Crippen LogP contribution >= 0.6 is 24.0 Å². The first-order chi connectivity index (χ1) is 7.29. The Morgan fingerprint density at radius 3 is 1.93 bits per heavy atom. The third-order valence-corrected chi connectivity index (χ3v) is 4.10. The molecule has 1 rings (SSSR count). The minimum Gasteiger partial charge on any atom is -0.340 e. The standard InChI is InChI=1S/C11H22N2S2/c1-3-5-7-12-9-15-10-13(11(12)14)8-6-4-2/h3-10H2,1-2H3. The van der Waals surface area contributed by atoms with Gasteiger partial charge >= 0.3 is 0 Å². The second-order valence-corrected chi connectivity index (χ2v) is 5.27. The molecule has 0 spiro atoms. The zero-order valence-electron chi connectivity index (χ0n) is 9.87. The third kappa shape index (κ3) is 4.19. The predicted molar refractivity (Wildman–Crippen MR) is 73.2 cm³/mol. The Bertz CT molecular complexity index is 179. The number of unbranched alkanes of at least 4 members (excludes halogenated alkanes) is 2. The fourth-order valence-corrected chi connectivity index (χ4v) is 3.09. The van der Waals surface area contributed by atoms with E-state index in [0.717, 1.165) is 30.0 Å². The molecular weight excluding hydrogens is 224 g/mol. The number of thioether (sulfide) groups is 1. The van der Waals surface area contributed by atoms with Crippen LogP contribution in [0.25, 0.3) is 0 Å². The topological polar surface area (TPSA) is 6.48 Å². The highest BCUT2D eigenvalue weighted by molar-refractivity contribution is 7.99. The molecule has 2 nitrogen and oxygen atoms in total. The van der Waals surface area contributed by atoms with Crippen molar-refractivity contribution < 1.29 is 0 Å². The summed E-state index contributed by atoms with van der Waals surface area (Å²) in [5, 5.41) is 1.08. The second-order valence-electron chi connectivity index (χ2n) is 3.98. The van der Waals surface area contributed by atoms with E-state index in [2.05, 4.69) is 23.6 Å². The molecule has 0 aromatic rings. The lowest BCUT2D eigenvalue weighted by Gasteiger charge is -2.38. The normalized spacial score (nSPS) is 17.3. The molecule has 0 aromatic carbocycles. The highest BCUT2D eigenvalue weighted by Gasteiger charge is 2.20. The molecule has 0 amide bonds. The Morgan fingerprint density at radius 2 is 1.53 bits per heavy atom. The van der Waals surface area contributed by atoms with Crippen molar-refractivity contribution in [3.63, 3.8) is 0 Å². The molecule has 15 heavy (non-hydrogen) atoms. The van der Waals surface area contributed by atoms with Gasteiger partial charge < -0.3 is 9.80 Å². The van der Waals surface area contributed by atoms with E-state index in [-0.39, 0.29) is 0 Å². The van der Waals surface area contributed by atoms with E-state index in [1.165, 1.54) is 25.7 Å². The van der Waals surface area contributed by atoms with Crippen LogP contribution in [0.2, 0.25) is 0 Å². The zero-order chi connectivity index (χ0) is 11.1. The van der Waals surface area contributed by atoms with Gasteiger partial charge in [-0.3, -0.25) is 0 Å². The average Bonchev–Trinajstić information content (AvgIpc) is 2.26. The molecule has 0 atom stereocenters. The van der Waals surface area contributed by atoms with Crippen molar-refractivity contribution in [3.8, 4) is 0 Å². The summed E-state index contributed by atoms with van der Waals surface area (Å²) in [6.45, 7) is 6.72. The number of hydrogen-bond acceptors (Lipinski definition) is 2.